The Labute approximate surface area is 167 Å². The van der Waals surface area contributed by atoms with Gasteiger partial charge in [0.05, 0.1) is 17.7 Å². The van der Waals surface area contributed by atoms with Crippen molar-refractivity contribution >= 4 is 11.9 Å². The molecule has 0 aliphatic carbocycles. The zero-order valence-electron chi connectivity index (χ0n) is 17.1. The van der Waals surface area contributed by atoms with Crippen LogP contribution in [-0.2, 0) is 9.47 Å². The maximum atomic E-state index is 12.4. The lowest BCUT2D eigenvalue weighted by Crippen LogP contribution is -2.29. The van der Waals surface area contributed by atoms with E-state index in [1.807, 2.05) is 36.4 Å². The molecule has 3 atom stereocenters. The first kappa shape index (κ1) is 21.7. The van der Waals surface area contributed by atoms with E-state index in [1.165, 1.54) is 0 Å². The smallest absolute Gasteiger partial charge is 0.338 e. The van der Waals surface area contributed by atoms with Gasteiger partial charge in [0.1, 0.15) is 6.10 Å². The third-order valence-electron chi connectivity index (χ3n) is 5.07. The Kier molecular flexibility index (Phi) is 8.24. The highest BCUT2D eigenvalue weighted by Crippen LogP contribution is 2.24. The number of carbonyl (C=O) groups is 2. The molecule has 150 valence electrons. The van der Waals surface area contributed by atoms with Gasteiger partial charge in [0.25, 0.3) is 0 Å². The Hall–Kier alpha value is -2.62. The highest BCUT2D eigenvalue weighted by Gasteiger charge is 2.25. The van der Waals surface area contributed by atoms with Gasteiger partial charge in [-0.05, 0) is 48.4 Å². The Morgan fingerprint density at radius 1 is 0.750 bits per heavy atom. The maximum Gasteiger partial charge on any atom is 0.338 e. The highest BCUT2D eigenvalue weighted by atomic mass is 16.5. The molecule has 0 aromatic heterocycles. The second-order valence-corrected chi connectivity index (χ2v) is 7.71. The number of ether oxygens (including phenoxy) is 2. The van der Waals surface area contributed by atoms with Crippen LogP contribution in [0.1, 0.15) is 54.8 Å². The van der Waals surface area contributed by atoms with E-state index < -0.39 is 0 Å². The lowest BCUT2D eigenvalue weighted by molar-refractivity contribution is 0.00556. The highest BCUT2D eigenvalue weighted by molar-refractivity contribution is 5.89. The molecule has 0 bridgehead atoms. The van der Waals surface area contributed by atoms with Gasteiger partial charge in [0, 0.05) is 0 Å². The number of hydrogen-bond acceptors (Lipinski definition) is 4. The molecule has 0 radical (unpaired) electrons. The van der Waals surface area contributed by atoms with E-state index >= 15 is 0 Å². The van der Waals surface area contributed by atoms with E-state index in [-0.39, 0.29) is 35.8 Å². The Bertz CT molecular complexity index is 740. The lowest BCUT2D eigenvalue weighted by Gasteiger charge is -2.27. The van der Waals surface area contributed by atoms with Gasteiger partial charge in [-0.1, -0.05) is 64.1 Å². The van der Waals surface area contributed by atoms with Gasteiger partial charge in [-0.3, -0.25) is 0 Å². The standard InChI is InChI=1S/C24H30O4/c1-17(2)22(28-24(26)21-13-9-6-10-14-21)15-18(3)19(4)16-27-23(25)20-11-7-5-8-12-20/h5-14,17-19,22H,15-16H2,1-4H3/t18-,19-,22+/m0/s1. The average molecular weight is 383 g/mol. The normalized spacial score (nSPS) is 14.2. The minimum atomic E-state index is -0.310. The fraction of sp³-hybridized carbons (Fsp3) is 0.417. The summed E-state index contributed by atoms with van der Waals surface area (Å²) in [5.74, 6) is -0.0108. The Morgan fingerprint density at radius 3 is 1.75 bits per heavy atom. The summed E-state index contributed by atoms with van der Waals surface area (Å²) in [5.41, 5.74) is 1.12. The topological polar surface area (TPSA) is 52.6 Å². The van der Waals surface area contributed by atoms with Crippen LogP contribution in [0, 0.1) is 17.8 Å². The van der Waals surface area contributed by atoms with Gasteiger partial charge < -0.3 is 9.47 Å². The molecule has 28 heavy (non-hydrogen) atoms. The van der Waals surface area contributed by atoms with Crippen LogP contribution in [-0.4, -0.2) is 24.6 Å². The molecular formula is C24H30O4. The molecule has 0 saturated carbocycles. The molecule has 0 unspecified atom stereocenters. The maximum absolute atomic E-state index is 12.4. The van der Waals surface area contributed by atoms with Gasteiger partial charge in [-0.2, -0.15) is 0 Å². The molecule has 0 spiro atoms. The van der Waals surface area contributed by atoms with Crippen molar-refractivity contribution < 1.29 is 19.1 Å². The predicted octanol–water partition coefficient (Wildman–Crippen LogP) is 5.39. The molecular weight excluding hydrogens is 352 g/mol. The van der Waals surface area contributed by atoms with Crippen LogP contribution >= 0.6 is 0 Å². The van der Waals surface area contributed by atoms with E-state index in [0.29, 0.717) is 17.7 Å². The van der Waals surface area contributed by atoms with Crippen molar-refractivity contribution in [3.8, 4) is 0 Å². The monoisotopic (exact) mass is 382 g/mol. The number of rotatable bonds is 9. The van der Waals surface area contributed by atoms with E-state index in [0.717, 1.165) is 6.42 Å². The molecule has 2 rings (SSSR count). The molecule has 0 heterocycles. The van der Waals surface area contributed by atoms with Gasteiger partial charge >= 0.3 is 11.9 Å². The van der Waals surface area contributed by atoms with Crippen LogP contribution in [0.25, 0.3) is 0 Å². The van der Waals surface area contributed by atoms with Crippen LogP contribution < -0.4 is 0 Å². The summed E-state index contributed by atoms with van der Waals surface area (Å²) in [4.78, 5) is 24.5. The number of carbonyl (C=O) groups excluding carboxylic acids is 2. The molecule has 4 heteroatoms. The van der Waals surface area contributed by atoms with Crippen molar-refractivity contribution in [1.29, 1.82) is 0 Å². The summed E-state index contributed by atoms with van der Waals surface area (Å²) < 4.78 is 11.2. The molecule has 0 fully saturated rings. The van der Waals surface area contributed by atoms with Crippen LogP contribution in [0.5, 0.6) is 0 Å². The van der Waals surface area contributed by atoms with E-state index in [9.17, 15) is 9.59 Å². The summed E-state index contributed by atoms with van der Waals surface area (Å²) in [6.07, 6.45) is 0.537. The third kappa shape index (κ3) is 6.52. The molecule has 2 aromatic rings. The van der Waals surface area contributed by atoms with E-state index in [1.54, 1.807) is 24.3 Å². The van der Waals surface area contributed by atoms with Crippen molar-refractivity contribution in [1.82, 2.24) is 0 Å². The van der Waals surface area contributed by atoms with Gasteiger partial charge in [0.2, 0.25) is 0 Å². The number of benzene rings is 2. The zero-order chi connectivity index (χ0) is 20.5. The van der Waals surface area contributed by atoms with Gasteiger partial charge in [-0.15, -0.1) is 0 Å². The fourth-order valence-corrected chi connectivity index (χ4v) is 2.86. The first-order chi connectivity index (χ1) is 13.4. The van der Waals surface area contributed by atoms with Crippen molar-refractivity contribution in [3.05, 3.63) is 71.8 Å². The van der Waals surface area contributed by atoms with E-state index in [4.69, 9.17) is 9.47 Å². The minimum Gasteiger partial charge on any atom is -0.462 e. The molecule has 0 aliphatic rings. The predicted molar refractivity (Wildman–Crippen MR) is 110 cm³/mol. The first-order valence-electron chi connectivity index (χ1n) is 9.86. The first-order valence-corrected chi connectivity index (χ1v) is 9.86. The summed E-state index contributed by atoms with van der Waals surface area (Å²) in [6.45, 7) is 8.60. The minimum absolute atomic E-state index is 0.157. The van der Waals surface area contributed by atoms with Crippen LogP contribution in [0.3, 0.4) is 0 Å². The second-order valence-electron chi connectivity index (χ2n) is 7.71. The average Bonchev–Trinajstić information content (AvgIpc) is 2.72. The molecule has 2 aromatic carbocycles. The van der Waals surface area contributed by atoms with Crippen LogP contribution in [0.2, 0.25) is 0 Å². The van der Waals surface area contributed by atoms with Crippen LogP contribution in [0.4, 0.5) is 0 Å². The largest absolute Gasteiger partial charge is 0.462 e. The summed E-state index contributed by atoms with van der Waals surface area (Å²) in [6, 6.07) is 18.0. The molecule has 0 N–H and O–H groups in total. The van der Waals surface area contributed by atoms with Crippen molar-refractivity contribution in [2.45, 2.75) is 40.2 Å². The number of hydrogen-bond donors (Lipinski definition) is 0. The quantitative estimate of drug-likeness (QED) is 0.546. The van der Waals surface area contributed by atoms with E-state index in [2.05, 4.69) is 27.7 Å². The second kappa shape index (κ2) is 10.6. The third-order valence-corrected chi connectivity index (χ3v) is 5.07. The molecule has 0 aliphatic heterocycles. The van der Waals surface area contributed by atoms with Gasteiger partial charge in [-0.25, -0.2) is 9.59 Å². The summed E-state index contributed by atoms with van der Waals surface area (Å²) in [7, 11) is 0. The summed E-state index contributed by atoms with van der Waals surface area (Å²) in [5, 5.41) is 0. The van der Waals surface area contributed by atoms with Crippen molar-refractivity contribution in [3.63, 3.8) is 0 Å². The lowest BCUT2D eigenvalue weighted by atomic mass is 9.88. The summed E-state index contributed by atoms with van der Waals surface area (Å²) >= 11 is 0. The molecule has 4 nitrogen and oxygen atoms in total. The zero-order valence-corrected chi connectivity index (χ0v) is 17.1. The van der Waals surface area contributed by atoms with Crippen molar-refractivity contribution in [2.75, 3.05) is 6.61 Å². The molecule has 0 amide bonds. The van der Waals surface area contributed by atoms with Crippen LogP contribution in [0.15, 0.2) is 60.7 Å². The Balaban J connectivity index is 1.87. The van der Waals surface area contributed by atoms with Crippen molar-refractivity contribution in [2.24, 2.45) is 17.8 Å². The fourth-order valence-electron chi connectivity index (χ4n) is 2.86. The Morgan fingerprint density at radius 2 is 1.25 bits per heavy atom. The SMILES string of the molecule is CC(C)[C@@H](C[C@H](C)[C@@H](C)COC(=O)c1ccccc1)OC(=O)c1ccccc1. The van der Waals surface area contributed by atoms with Gasteiger partial charge in [0.15, 0.2) is 0 Å². The molecule has 0 saturated heterocycles. The number of esters is 2.